The molecule has 4 heteroatoms. The fourth-order valence-electron chi connectivity index (χ4n) is 2.78. The molecule has 2 aromatic rings. The number of aliphatic hydroxyl groups excluding tert-OH is 1. The van der Waals surface area contributed by atoms with Crippen LogP contribution < -0.4 is 0 Å². The highest BCUT2D eigenvalue weighted by atomic mass is 35.5. The second-order valence-electron chi connectivity index (χ2n) is 5.22. The first kappa shape index (κ1) is 14.9. The number of fused-ring (bicyclic) bond motifs is 1. The Bertz CT molecular complexity index is 642. The molecule has 2 aromatic carbocycles. The second kappa shape index (κ2) is 6.37. The monoisotopic (exact) mass is 322 g/mol. The maximum absolute atomic E-state index is 10.6. The Kier molecular flexibility index (Phi) is 4.51. The summed E-state index contributed by atoms with van der Waals surface area (Å²) in [6.45, 7) is 0.627. The molecular weight excluding hydrogens is 307 g/mol. The lowest BCUT2D eigenvalue weighted by molar-refractivity contribution is -0.0460. The number of halogens is 2. The molecule has 0 spiro atoms. The topological polar surface area (TPSA) is 29.5 Å². The molecule has 3 rings (SSSR count). The number of rotatable bonds is 3. The Balaban J connectivity index is 1.83. The largest absolute Gasteiger partial charge is 0.390 e. The number of ether oxygens (including phenoxy) is 1. The molecule has 1 aliphatic heterocycles. The second-order valence-corrected chi connectivity index (χ2v) is 6.01. The van der Waals surface area contributed by atoms with E-state index in [4.69, 9.17) is 27.9 Å². The molecule has 0 saturated heterocycles. The fourth-order valence-corrected chi connectivity index (χ4v) is 3.18. The lowest BCUT2D eigenvalue weighted by Crippen LogP contribution is -2.28. The summed E-state index contributed by atoms with van der Waals surface area (Å²) in [5.74, 6) is 0. The minimum atomic E-state index is -0.651. The average Bonchev–Trinajstić information content (AvgIpc) is 2.51. The maximum Gasteiger partial charge on any atom is 0.109 e. The van der Waals surface area contributed by atoms with Crippen LogP contribution in [0.2, 0.25) is 10.0 Å². The number of aliphatic hydroxyl groups is 1. The van der Waals surface area contributed by atoms with Gasteiger partial charge in [0.05, 0.1) is 22.8 Å². The van der Waals surface area contributed by atoms with E-state index in [-0.39, 0.29) is 6.10 Å². The SMILES string of the molecule is OC(Cc1cccc(Cl)c1Cl)C1OCCc2ccccc21. The molecule has 2 atom stereocenters. The van der Waals surface area contributed by atoms with Crippen LogP contribution >= 0.6 is 23.2 Å². The molecule has 0 bridgehead atoms. The van der Waals surface area contributed by atoms with E-state index in [2.05, 4.69) is 6.07 Å². The molecule has 2 nitrogen and oxygen atoms in total. The summed E-state index contributed by atoms with van der Waals surface area (Å²) in [5.41, 5.74) is 3.14. The van der Waals surface area contributed by atoms with Crippen molar-refractivity contribution in [3.63, 3.8) is 0 Å². The van der Waals surface area contributed by atoms with Gasteiger partial charge in [0.15, 0.2) is 0 Å². The molecule has 2 unspecified atom stereocenters. The van der Waals surface area contributed by atoms with Crippen LogP contribution in [0.5, 0.6) is 0 Å². The first-order chi connectivity index (χ1) is 10.2. The summed E-state index contributed by atoms with van der Waals surface area (Å²) in [5, 5.41) is 11.6. The van der Waals surface area contributed by atoms with Gasteiger partial charge >= 0.3 is 0 Å². The maximum atomic E-state index is 10.6. The minimum absolute atomic E-state index is 0.315. The van der Waals surface area contributed by atoms with Crippen molar-refractivity contribution in [1.82, 2.24) is 0 Å². The zero-order chi connectivity index (χ0) is 14.8. The Morgan fingerprint density at radius 2 is 1.95 bits per heavy atom. The first-order valence-corrected chi connectivity index (χ1v) is 7.73. The highest BCUT2D eigenvalue weighted by Gasteiger charge is 2.28. The predicted octanol–water partition coefficient (Wildman–Crippen LogP) is 4.21. The van der Waals surface area contributed by atoms with Crippen LogP contribution in [0.3, 0.4) is 0 Å². The van der Waals surface area contributed by atoms with Gasteiger partial charge in [-0.05, 0) is 29.2 Å². The normalized spacial score (nSPS) is 19.1. The standard InChI is InChI=1S/C17H16Cl2O2/c18-14-7-3-5-12(16(14)19)10-15(20)17-13-6-2-1-4-11(13)8-9-21-17/h1-7,15,17,20H,8-10H2. The highest BCUT2D eigenvalue weighted by molar-refractivity contribution is 6.42. The van der Waals surface area contributed by atoms with Gasteiger partial charge in [0.1, 0.15) is 6.10 Å². The van der Waals surface area contributed by atoms with E-state index in [9.17, 15) is 5.11 Å². The quantitative estimate of drug-likeness (QED) is 0.917. The summed E-state index contributed by atoms with van der Waals surface area (Å²) < 4.78 is 5.78. The van der Waals surface area contributed by atoms with Crippen LogP contribution in [0.4, 0.5) is 0 Å². The molecule has 0 fully saturated rings. The predicted molar refractivity (Wildman–Crippen MR) is 85.0 cm³/mol. The van der Waals surface area contributed by atoms with Crippen molar-refractivity contribution in [1.29, 1.82) is 0 Å². The molecule has 0 aromatic heterocycles. The molecule has 1 heterocycles. The molecule has 0 amide bonds. The molecule has 0 aliphatic carbocycles. The molecule has 0 radical (unpaired) electrons. The zero-order valence-corrected chi connectivity index (χ0v) is 12.9. The van der Waals surface area contributed by atoms with Gasteiger partial charge in [-0.25, -0.2) is 0 Å². The van der Waals surface area contributed by atoms with Gasteiger partial charge in [-0.3, -0.25) is 0 Å². The van der Waals surface area contributed by atoms with E-state index in [0.29, 0.717) is 23.1 Å². The van der Waals surface area contributed by atoms with E-state index in [0.717, 1.165) is 17.5 Å². The van der Waals surface area contributed by atoms with Crippen molar-refractivity contribution < 1.29 is 9.84 Å². The van der Waals surface area contributed by atoms with Crippen LogP contribution in [-0.4, -0.2) is 17.8 Å². The smallest absolute Gasteiger partial charge is 0.109 e. The van der Waals surface area contributed by atoms with Gasteiger partial charge in [0.2, 0.25) is 0 Å². The lowest BCUT2D eigenvalue weighted by Gasteiger charge is -2.30. The third kappa shape index (κ3) is 3.09. The van der Waals surface area contributed by atoms with Gasteiger partial charge < -0.3 is 9.84 Å². The van der Waals surface area contributed by atoms with E-state index < -0.39 is 6.10 Å². The molecule has 1 aliphatic rings. The Morgan fingerprint density at radius 3 is 2.81 bits per heavy atom. The summed E-state index contributed by atoms with van der Waals surface area (Å²) in [6.07, 6.45) is 0.336. The van der Waals surface area contributed by atoms with Crippen LogP contribution in [0.15, 0.2) is 42.5 Å². The molecule has 21 heavy (non-hydrogen) atoms. The van der Waals surface area contributed by atoms with Crippen molar-refractivity contribution >= 4 is 23.2 Å². The van der Waals surface area contributed by atoms with E-state index in [1.807, 2.05) is 30.3 Å². The van der Waals surface area contributed by atoms with E-state index in [1.165, 1.54) is 5.56 Å². The van der Waals surface area contributed by atoms with Crippen LogP contribution in [0.25, 0.3) is 0 Å². The summed E-state index contributed by atoms with van der Waals surface area (Å²) in [4.78, 5) is 0. The van der Waals surface area contributed by atoms with Gasteiger partial charge in [-0.15, -0.1) is 0 Å². The first-order valence-electron chi connectivity index (χ1n) is 6.97. The van der Waals surface area contributed by atoms with E-state index >= 15 is 0 Å². The Labute approximate surface area is 134 Å². The molecule has 0 saturated carbocycles. The van der Waals surface area contributed by atoms with Crippen LogP contribution in [0.1, 0.15) is 22.8 Å². The lowest BCUT2D eigenvalue weighted by atomic mass is 9.92. The Hall–Kier alpha value is -1.06. The van der Waals surface area contributed by atoms with Gasteiger partial charge in [-0.1, -0.05) is 59.6 Å². The van der Waals surface area contributed by atoms with E-state index in [1.54, 1.807) is 6.07 Å². The van der Waals surface area contributed by atoms with Gasteiger partial charge in [0.25, 0.3) is 0 Å². The van der Waals surface area contributed by atoms with Crippen molar-refractivity contribution in [2.45, 2.75) is 25.0 Å². The summed E-state index contributed by atoms with van der Waals surface area (Å²) in [7, 11) is 0. The summed E-state index contributed by atoms with van der Waals surface area (Å²) in [6, 6.07) is 13.6. The van der Waals surface area contributed by atoms with Crippen molar-refractivity contribution in [3.8, 4) is 0 Å². The highest BCUT2D eigenvalue weighted by Crippen LogP contribution is 2.33. The average molecular weight is 323 g/mol. The van der Waals surface area contributed by atoms with Crippen molar-refractivity contribution in [3.05, 3.63) is 69.2 Å². The molecular formula is C17H16Cl2O2. The van der Waals surface area contributed by atoms with Gasteiger partial charge in [-0.2, -0.15) is 0 Å². The molecule has 110 valence electrons. The minimum Gasteiger partial charge on any atom is -0.390 e. The Morgan fingerprint density at radius 1 is 1.14 bits per heavy atom. The molecule has 1 N–H and O–H groups in total. The van der Waals surface area contributed by atoms with Crippen LogP contribution in [0, 0.1) is 0 Å². The number of hydrogen-bond donors (Lipinski definition) is 1. The zero-order valence-electron chi connectivity index (χ0n) is 11.4. The third-order valence-electron chi connectivity index (χ3n) is 3.84. The number of hydrogen-bond acceptors (Lipinski definition) is 2. The number of benzene rings is 2. The third-order valence-corrected chi connectivity index (χ3v) is 4.70. The summed E-state index contributed by atoms with van der Waals surface area (Å²) >= 11 is 12.2. The van der Waals surface area contributed by atoms with Crippen LogP contribution in [-0.2, 0) is 17.6 Å². The van der Waals surface area contributed by atoms with Gasteiger partial charge in [0, 0.05) is 6.42 Å². The fraction of sp³-hybridized carbons (Fsp3) is 0.294. The van der Waals surface area contributed by atoms with Crippen molar-refractivity contribution in [2.75, 3.05) is 6.61 Å². The van der Waals surface area contributed by atoms with Crippen molar-refractivity contribution in [2.24, 2.45) is 0 Å².